The molecule has 2 rings (SSSR count). The van der Waals surface area contributed by atoms with Gasteiger partial charge in [0, 0.05) is 6.54 Å². The average Bonchev–Trinajstić information content (AvgIpc) is 2.90. The van der Waals surface area contributed by atoms with Gasteiger partial charge in [-0.05, 0) is 56.3 Å². The summed E-state index contributed by atoms with van der Waals surface area (Å²) in [5, 5.41) is 0. The highest BCUT2D eigenvalue weighted by Crippen LogP contribution is 2.13. The smallest absolute Gasteiger partial charge is 0.118 e. The zero-order chi connectivity index (χ0) is 12.8. The van der Waals surface area contributed by atoms with Gasteiger partial charge in [0.1, 0.15) is 5.82 Å². The number of hydrogen-bond donors (Lipinski definition) is 1. The molecule has 0 amide bonds. The van der Waals surface area contributed by atoms with Crippen molar-refractivity contribution in [3.05, 3.63) is 47.3 Å². The molecule has 2 N–H and O–H groups in total. The Labute approximate surface area is 109 Å². The van der Waals surface area contributed by atoms with Gasteiger partial charge in [-0.15, -0.1) is 0 Å². The van der Waals surface area contributed by atoms with Crippen molar-refractivity contribution in [1.29, 1.82) is 0 Å². The van der Waals surface area contributed by atoms with Crippen LogP contribution >= 0.6 is 0 Å². The minimum Gasteiger partial charge on any atom is -0.384 e. The predicted molar refractivity (Wildman–Crippen MR) is 76.5 cm³/mol. The Morgan fingerprint density at radius 2 is 1.83 bits per heavy atom. The summed E-state index contributed by atoms with van der Waals surface area (Å²) in [6, 6.07) is 8.74. The summed E-state index contributed by atoms with van der Waals surface area (Å²) in [7, 11) is 0. The highest BCUT2D eigenvalue weighted by atomic mass is 15.1. The summed E-state index contributed by atoms with van der Waals surface area (Å²) in [5.41, 5.74) is 8.23. The van der Waals surface area contributed by atoms with Gasteiger partial charge in [-0.25, -0.2) is 4.99 Å². The van der Waals surface area contributed by atoms with E-state index in [0.29, 0.717) is 5.82 Å². The molecule has 0 radical (unpaired) electrons. The van der Waals surface area contributed by atoms with Crippen LogP contribution in [0.25, 0.3) is 0 Å². The number of aliphatic imine (C=N–C) groups is 1. The molecular weight excluding hydrogens is 222 g/mol. The van der Waals surface area contributed by atoms with E-state index in [9.17, 15) is 0 Å². The van der Waals surface area contributed by atoms with Crippen LogP contribution in [0.5, 0.6) is 0 Å². The Morgan fingerprint density at radius 1 is 1.22 bits per heavy atom. The van der Waals surface area contributed by atoms with Crippen molar-refractivity contribution in [2.45, 2.75) is 25.8 Å². The Hall–Kier alpha value is -1.61. The molecule has 0 saturated carbocycles. The van der Waals surface area contributed by atoms with Crippen LogP contribution in [0.1, 0.15) is 24.0 Å². The Morgan fingerprint density at radius 3 is 2.44 bits per heavy atom. The van der Waals surface area contributed by atoms with Gasteiger partial charge in [-0.2, -0.15) is 0 Å². The zero-order valence-electron chi connectivity index (χ0n) is 10.8. The minimum absolute atomic E-state index is 0.496. The fourth-order valence-electron chi connectivity index (χ4n) is 2.27. The maximum atomic E-state index is 5.58. The first-order chi connectivity index (χ1) is 8.78. The monoisotopic (exact) mass is 243 g/mol. The molecule has 1 heterocycles. The van der Waals surface area contributed by atoms with Gasteiger partial charge in [-0.3, -0.25) is 4.90 Å². The topological polar surface area (TPSA) is 41.6 Å². The van der Waals surface area contributed by atoms with E-state index in [1.54, 1.807) is 0 Å². The SMILES string of the molecule is C=N/C(N)=C\Cc1ccc(CN2CCCC2)cc1. The molecule has 3 nitrogen and oxygen atoms in total. The van der Waals surface area contributed by atoms with Crippen molar-refractivity contribution in [1.82, 2.24) is 4.90 Å². The molecule has 0 aromatic heterocycles. The van der Waals surface area contributed by atoms with Crippen LogP contribution in [-0.4, -0.2) is 24.7 Å². The van der Waals surface area contributed by atoms with Crippen LogP contribution in [-0.2, 0) is 13.0 Å². The summed E-state index contributed by atoms with van der Waals surface area (Å²) in [6.45, 7) is 6.96. The zero-order valence-corrected chi connectivity index (χ0v) is 10.8. The van der Waals surface area contributed by atoms with Crippen LogP contribution < -0.4 is 5.73 Å². The molecule has 1 aliphatic rings. The molecular formula is C15H21N3. The third-order valence-electron chi connectivity index (χ3n) is 3.36. The van der Waals surface area contributed by atoms with Gasteiger partial charge in [0.05, 0.1) is 0 Å². The van der Waals surface area contributed by atoms with Gasteiger partial charge in [-0.1, -0.05) is 24.3 Å². The summed E-state index contributed by atoms with van der Waals surface area (Å²) >= 11 is 0. The van der Waals surface area contributed by atoms with E-state index in [4.69, 9.17) is 5.73 Å². The van der Waals surface area contributed by atoms with E-state index in [2.05, 4.69) is 40.9 Å². The van der Waals surface area contributed by atoms with Crippen LogP contribution in [0.3, 0.4) is 0 Å². The van der Waals surface area contributed by atoms with Crippen molar-refractivity contribution < 1.29 is 0 Å². The van der Waals surface area contributed by atoms with E-state index in [0.717, 1.165) is 13.0 Å². The normalized spacial score (nSPS) is 17.0. The number of benzene rings is 1. The molecule has 0 unspecified atom stereocenters. The van der Waals surface area contributed by atoms with Crippen molar-refractivity contribution in [2.75, 3.05) is 13.1 Å². The van der Waals surface area contributed by atoms with Crippen molar-refractivity contribution in [3.63, 3.8) is 0 Å². The molecule has 0 atom stereocenters. The summed E-state index contributed by atoms with van der Waals surface area (Å²) < 4.78 is 0. The molecule has 1 aromatic rings. The molecule has 1 fully saturated rings. The second-order valence-electron chi connectivity index (χ2n) is 4.79. The fraction of sp³-hybridized carbons (Fsp3) is 0.400. The number of nitrogens with two attached hydrogens (primary N) is 1. The Balaban J connectivity index is 1.90. The summed E-state index contributed by atoms with van der Waals surface area (Å²) in [6.07, 6.45) is 5.39. The molecule has 3 heteroatoms. The van der Waals surface area contributed by atoms with Crippen molar-refractivity contribution in [2.24, 2.45) is 10.7 Å². The standard InChI is InChI=1S/C15H21N3/c1-17-15(16)9-8-13-4-6-14(7-5-13)12-18-10-2-3-11-18/h4-7,9H,1-3,8,10-12,16H2/b15-9-. The third-order valence-corrected chi connectivity index (χ3v) is 3.36. The number of rotatable bonds is 5. The van der Waals surface area contributed by atoms with Crippen LogP contribution in [0, 0.1) is 0 Å². The van der Waals surface area contributed by atoms with E-state index in [1.165, 1.54) is 37.1 Å². The van der Waals surface area contributed by atoms with Gasteiger partial charge >= 0.3 is 0 Å². The molecule has 0 bridgehead atoms. The molecule has 1 saturated heterocycles. The second kappa shape index (κ2) is 6.36. The predicted octanol–water partition coefficient (Wildman–Crippen LogP) is 2.33. The maximum Gasteiger partial charge on any atom is 0.118 e. The lowest BCUT2D eigenvalue weighted by Gasteiger charge is -2.14. The van der Waals surface area contributed by atoms with Gasteiger partial charge < -0.3 is 5.73 Å². The lowest BCUT2D eigenvalue weighted by atomic mass is 10.1. The molecule has 1 aromatic carbocycles. The lowest BCUT2D eigenvalue weighted by molar-refractivity contribution is 0.331. The highest BCUT2D eigenvalue weighted by molar-refractivity contribution is 5.29. The van der Waals surface area contributed by atoms with Crippen LogP contribution in [0.15, 0.2) is 41.2 Å². The maximum absolute atomic E-state index is 5.58. The number of nitrogens with zero attached hydrogens (tertiary/aromatic N) is 2. The first kappa shape index (κ1) is 12.8. The van der Waals surface area contributed by atoms with Gasteiger partial charge in [0.25, 0.3) is 0 Å². The van der Waals surface area contributed by atoms with Gasteiger partial charge in [0.2, 0.25) is 0 Å². The lowest BCUT2D eigenvalue weighted by Crippen LogP contribution is -2.18. The fourth-order valence-corrected chi connectivity index (χ4v) is 2.27. The van der Waals surface area contributed by atoms with E-state index in [1.807, 2.05) is 6.08 Å². The Kier molecular flexibility index (Phi) is 4.53. The van der Waals surface area contributed by atoms with Crippen LogP contribution in [0.2, 0.25) is 0 Å². The summed E-state index contributed by atoms with van der Waals surface area (Å²) in [4.78, 5) is 6.18. The van der Waals surface area contributed by atoms with E-state index >= 15 is 0 Å². The molecule has 96 valence electrons. The molecule has 0 spiro atoms. The quantitative estimate of drug-likeness (QED) is 0.806. The average molecular weight is 243 g/mol. The van der Waals surface area contributed by atoms with Crippen molar-refractivity contribution >= 4 is 6.72 Å². The van der Waals surface area contributed by atoms with E-state index < -0.39 is 0 Å². The molecule has 1 aliphatic heterocycles. The number of likely N-dealkylation sites (tertiary alicyclic amines) is 1. The molecule has 18 heavy (non-hydrogen) atoms. The summed E-state index contributed by atoms with van der Waals surface area (Å²) in [5.74, 6) is 0.496. The second-order valence-corrected chi connectivity index (χ2v) is 4.79. The first-order valence-corrected chi connectivity index (χ1v) is 6.50. The van der Waals surface area contributed by atoms with E-state index in [-0.39, 0.29) is 0 Å². The minimum atomic E-state index is 0.496. The van der Waals surface area contributed by atoms with Crippen LogP contribution in [0.4, 0.5) is 0 Å². The largest absolute Gasteiger partial charge is 0.384 e. The number of hydrogen-bond acceptors (Lipinski definition) is 3. The molecule has 0 aliphatic carbocycles. The third kappa shape index (κ3) is 3.70. The number of allylic oxidation sites excluding steroid dienone is 1. The van der Waals surface area contributed by atoms with Gasteiger partial charge in [0.15, 0.2) is 0 Å². The Bertz CT molecular complexity index is 414. The highest BCUT2D eigenvalue weighted by Gasteiger charge is 2.11. The van der Waals surface area contributed by atoms with Crippen molar-refractivity contribution in [3.8, 4) is 0 Å². The first-order valence-electron chi connectivity index (χ1n) is 6.50.